The largest absolute Gasteiger partial charge is 0.327 e. The smallest absolute Gasteiger partial charge is 0.313 e. The van der Waals surface area contributed by atoms with Crippen LogP contribution < -0.4 is 0 Å². The van der Waals surface area contributed by atoms with Gasteiger partial charge < -0.3 is 4.90 Å². The number of rotatable bonds is 3. The molecule has 0 aromatic carbocycles. The second-order valence-corrected chi connectivity index (χ2v) is 2.63. The molecule has 0 N–H and O–H groups in total. The van der Waals surface area contributed by atoms with Crippen molar-refractivity contribution in [3.63, 3.8) is 0 Å². The molecule has 0 spiro atoms. The van der Waals surface area contributed by atoms with Gasteiger partial charge in [-0.15, -0.1) is 0 Å². The molecule has 1 rings (SSSR count). The molecular formula is C7H9N3O3. The molecule has 0 aromatic rings. The number of amides is 3. The van der Waals surface area contributed by atoms with Gasteiger partial charge in [-0.25, -0.2) is 14.6 Å². The summed E-state index contributed by atoms with van der Waals surface area (Å²) in [5.74, 6) is -0.236. The first kappa shape index (κ1) is 9.41. The zero-order valence-corrected chi connectivity index (χ0v) is 7.19. The highest BCUT2D eigenvalue weighted by molar-refractivity contribution is 6.01. The number of urea groups is 1. The van der Waals surface area contributed by atoms with Gasteiger partial charge in [0, 0.05) is 13.6 Å². The predicted molar refractivity (Wildman–Crippen MR) is 42.7 cm³/mol. The van der Waals surface area contributed by atoms with E-state index in [0.29, 0.717) is 0 Å². The van der Waals surface area contributed by atoms with Crippen molar-refractivity contribution in [3.8, 4) is 0 Å². The Bertz CT molecular complexity index is 283. The molecule has 6 nitrogen and oxygen atoms in total. The lowest BCUT2D eigenvalue weighted by molar-refractivity contribution is -0.124. The molecule has 0 aromatic heterocycles. The van der Waals surface area contributed by atoms with Crippen LogP contribution in [0.1, 0.15) is 0 Å². The summed E-state index contributed by atoms with van der Waals surface area (Å²) in [5.41, 5.74) is 0. The highest BCUT2D eigenvalue weighted by atomic mass is 16.2. The quantitative estimate of drug-likeness (QED) is 0.327. The van der Waals surface area contributed by atoms with Crippen LogP contribution in [0.4, 0.5) is 4.79 Å². The lowest BCUT2D eigenvalue weighted by atomic mass is 10.5. The zero-order valence-electron chi connectivity index (χ0n) is 7.19. The Morgan fingerprint density at radius 3 is 2.69 bits per heavy atom. The minimum atomic E-state index is -0.342. The number of carbonyl (C=O) groups is 2. The monoisotopic (exact) mass is 183 g/mol. The van der Waals surface area contributed by atoms with E-state index < -0.39 is 0 Å². The lowest BCUT2D eigenvalue weighted by Crippen LogP contribution is -2.31. The van der Waals surface area contributed by atoms with Crippen LogP contribution in [-0.2, 0) is 9.59 Å². The molecule has 1 aliphatic rings. The maximum atomic E-state index is 11.2. The molecule has 0 saturated carbocycles. The van der Waals surface area contributed by atoms with Crippen molar-refractivity contribution in [1.82, 2.24) is 9.80 Å². The van der Waals surface area contributed by atoms with E-state index in [9.17, 15) is 14.4 Å². The summed E-state index contributed by atoms with van der Waals surface area (Å²) >= 11 is 0. The number of likely N-dealkylation sites (N-methyl/N-ethyl adjacent to an activating group) is 1. The average molecular weight is 183 g/mol. The summed E-state index contributed by atoms with van der Waals surface area (Å²) in [6.07, 6.45) is 1.37. The molecule has 0 bridgehead atoms. The molecule has 0 atom stereocenters. The van der Waals surface area contributed by atoms with Gasteiger partial charge in [-0.05, 0) is 0 Å². The van der Waals surface area contributed by atoms with Gasteiger partial charge in [0.1, 0.15) is 6.54 Å². The van der Waals surface area contributed by atoms with Crippen LogP contribution in [-0.4, -0.2) is 54.5 Å². The van der Waals surface area contributed by atoms with Crippen LogP contribution in [0, 0.1) is 0 Å². The Labute approximate surface area is 74.8 Å². The van der Waals surface area contributed by atoms with Crippen molar-refractivity contribution < 1.29 is 14.4 Å². The fourth-order valence-corrected chi connectivity index (χ4v) is 1.05. The number of nitrogens with zero attached hydrogens (tertiary/aromatic N) is 3. The third-order valence-electron chi connectivity index (χ3n) is 1.80. The van der Waals surface area contributed by atoms with Crippen molar-refractivity contribution in [2.75, 3.05) is 26.7 Å². The predicted octanol–water partition coefficient (Wildman–Crippen LogP) is -0.784. The van der Waals surface area contributed by atoms with Crippen molar-refractivity contribution in [1.29, 1.82) is 0 Å². The normalized spacial score (nSPS) is 16.4. The fraction of sp³-hybridized carbons (Fsp3) is 0.571. The summed E-state index contributed by atoms with van der Waals surface area (Å²) in [6, 6.07) is -0.342. The van der Waals surface area contributed by atoms with E-state index in [4.69, 9.17) is 0 Å². The van der Waals surface area contributed by atoms with Gasteiger partial charge in [-0.3, -0.25) is 9.69 Å². The molecule has 70 valence electrons. The van der Waals surface area contributed by atoms with Crippen LogP contribution in [0.3, 0.4) is 0 Å². The fourth-order valence-electron chi connectivity index (χ4n) is 1.05. The number of isocyanates is 1. The molecule has 6 heteroatoms. The molecule has 1 heterocycles. The minimum Gasteiger partial charge on any atom is -0.313 e. The van der Waals surface area contributed by atoms with E-state index in [1.54, 1.807) is 0 Å². The summed E-state index contributed by atoms with van der Waals surface area (Å²) in [4.78, 5) is 37.6. The van der Waals surface area contributed by atoms with Crippen LogP contribution in [0.5, 0.6) is 0 Å². The Morgan fingerprint density at radius 1 is 1.54 bits per heavy atom. The molecule has 0 unspecified atom stereocenters. The number of hydrogen-bond donors (Lipinski definition) is 0. The van der Waals surface area contributed by atoms with E-state index in [0.717, 1.165) is 4.90 Å². The standard InChI is InChI=1S/C7H9N3O3/c1-9-6(12)4-10(7(9)13)3-2-8-5-11/h2-4H2,1H3. The van der Waals surface area contributed by atoms with Gasteiger partial charge in [0.2, 0.25) is 12.0 Å². The summed E-state index contributed by atoms with van der Waals surface area (Å²) in [5, 5.41) is 0. The van der Waals surface area contributed by atoms with Crippen molar-refractivity contribution in [2.24, 2.45) is 4.99 Å². The molecule has 13 heavy (non-hydrogen) atoms. The van der Waals surface area contributed by atoms with Gasteiger partial charge in [0.15, 0.2) is 0 Å². The first-order valence-electron chi connectivity index (χ1n) is 3.76. The molecule has 0 radical (unpaired) electrons. The molecular weight excluding hydrogens is 174 g/mol. The first-order valence-corrected chi connectivity index (χ1v) is 3.76. The Hall–Kier alpha value is -1.68. The van der Waals surface area contributed by atoms with E-state index >= 15 is 0 Å². The summed E-state index contributed by atoms with van der Waals surface area (Å²) in [7, 11) is 1.42. The van der Waals surface area contributed by atoms with E-state index in [2.05, 4.69) is 4.99 Å². The van der Waals surface area contributed by atoms with Crippen LogP contribution in [0.15, 0.2) is 4.99 Å². The minimum absolute atomic E-state index is 0.0731. The summed E-state index contributed by atoms with van der Waals surface area (Å²) < 4.78 is 0. The molecule has 1 aliphatic heterocycles. The van der Waals surface area contributed by atoms with Crippen molar-refractivity contribution >= 4 is 18.0 Å². The highest BCUT2D eigenvalue weighted by Crippen LogP contribution is 2.06. The van der Waals surface area contributed by atoms with Gasteiger partial charge in [0.05, 0.1) is 6.54 Å². The molecule has 1 saturated heterocycles. The second-order valence-electron chi connectivity index (χ2n) is 2.63. The van der Waals surface area contributed by atoms with Crippen molar-refractivity contribution in [3.05, 3.63) is 0 Å². The van der Waals surface area contributed by atoms with Gasteiger partial charge in [0.25, 0.3) is 0 Å². The number of imide groups is 1. The third kappa shape index (κ3) is 1.91. The molecule has 3 amide bonds. The van der Waals surface area contributed by atoms with Gasteiger partial charge in [-0.2, -0.15) is 0 Å². The van der Waals surface area contributed by atoms with Crippen LogP contribution in [0.2, 0.25) is 0 Å². The number of carbonyl (C=O) groups excluding carboxylic acids is 3. The Balaban J connectivity index is 2.49. The topological polar surface area (TPSA) is 70.1 Å². The van der Waals surface area contributed by atoms with Gasteiger partial charge in [-0.1, -0.05) is 0 Å². The van der Waals surface area contributed by atoms with E-state index in [1.807, 2.05) is 0 Å². The maximum Gasteiger partial charge on any atom is 0.327 e. The van der Waals surface area contributed by atoms with Crippen LogP contribution in [0.25, 0.3) is 0 Å². The molecule has 0 aliphatic carbocycles. The number of aliphatic imine (C=N–C) groups is 1. The van der Waals surface area contributed by atoms with Gasteiger partial charge >= 0.3 is 6.03 Å². The Morgan fingerprint density at radius 2 is 2.23 bits per heavy atom. The SMILES string of the molecule is CN1C(=O)CN(CCN=C=O)C1=O. The third-order valence-corrected chi connectivity index (χ3v) is 1.80. The van der Waals surface area contributed by atoms with Crippen molar-refractivity contribution in [2.45, 2.75) is 0 Å². The first-order chi connectivity index (χ1) is 6.16. The zero-order chi connectivity index (χ0) is 9.84. The highest BCUT2D eigenvalue weighted by Gasteiger charge is 2.32. The lowest BCUT2D eigenvalue weighted by Gasteiger charge is -2.11. The summed E-state index contributed by atoms with van der Waals surface area (Å²) in [6.45, 7) is 0.546. The average Bonchev–Trinajstić information content (AvgIpc) is 2.34. The van der Waals surface area contributed by atoms with Crippen LogP contribution >= 0.6 is 0 Å². The number of hydrogen-bond acceptors (Lipinski definition) is 4. The molecule has 1 fully saturated rings. The maximum absolute atomic E-state index is 11.2. The Kier molecular flexibility index (Phi) is 2.76. The second kappa shape index (κ2) is 3.82. The van der Waals surface area contributed by atoms with E-state index in [1.165, 1.54) is 18.0 Å². The van der Waals surface area contributed by atoms with E-state index in [-0.39, 0.29) is 31.6 Å².